The van der Waals surface area contributed by atoms with Crippen LogP contribution in [0.5, 0.6) is 0 Å². The zero-order valence-corrected chi connectivity index (χ0v) is 25.3. The molecule has 0 aliphatic carbocycles. The Balaban J connectivity index is 1.28. The molecule has 3 saturated heterocycles. The van der Waals surface area contributed by atoms with Gasteiger partial charge in [0.2, 0.25) is 5.91 Å². The van der Waals surface area contributed by atoms with Crippen LogP contribution in [0, 0.1) is 5.82 Å². The van der Waals surface area contributed by atoms with Crippen LogP contribution in [-0.4, -0.2) is 88.4 Å². The van der Waals surface area contributed by atoms with E-state index in [1.165, 1.54) is 23.3 Å². The Kier molecular flexibility index (Phi) is 7.64. The van der Waals surface area contributed by atoms with Gasteiger partial charge in [0.15, 0.2) is 0 Å². The van der Waals surface area contributed by atoms with Crippen molar-refractivity contribution in [1.29, 1.82) is 0 Å². The van der Waals surface area contributed by atoms with Crippen molar-refractivity contribution in [3.8, 4) is 0 Å². The third-order valence-corrected chi connectivity index (χ3v) is 10.1. The number of carbonyl (C=O) groups excluding carboxylic acids is 2. The van der Waals surface area contributed by atoms with Crippen molar-refractivity contribution in [2.24, 2.45) is 0 Å². The molecule has 7 rings (SSSR count). The highest BCUT2D eigenvalue weighted by atomic mass is 19.1. The topological polar surface area (TPSA) is 68.4 Å². The van der Waals surface area contributed by atoms with Crippen molar-refractivity contribution in [1.82, 2.24) is 25.1 Å². The number of halogens is 1. The number of nitrogens with one attached hydrogen (secondary N) is 1. The molecule has 0 aromatic heterocycles. The van der Waals surface area contributed by atoms with Gasteiger partial charge in [0.05, 0.1) is 12.6 Å². The lowest BCUT2D eigenvalue weighted by atomic mass is 9.68. The van der Waals surface area contributed by atoms with Crippen LogP contribution in [0.25, 0.3) is 0 Å². The Morgan fingerprint density at radius 3 is 2.64 bits per heavy atom. The number of allylic oxidation sites excluding steroid dienone is 3. The maximum Gasteiger partial charge on any atom is 0.334 e. The second-order valence-electron chi connectivity index (χ2n) is 12.5. The number of hydrogen-bond donors (Lipinski definition) is 1. The molecule has 5 aliphatic rings. The number of hydrazine groups is 1. The standard InChI is InChI=1S/C35H40FN5O3/c1-3-4-13-29-35-30-14-9-8-12-26(19-31(35)44-30)28(25-10-6-5-7-11-25)21-39(35)22-32-40(29)33(42)23-38(2)41(32)34(43)37-20-24-15-17-27(36)18-16-24/h5-12,14-19,28-32H,3-4,13,20-23H2,1-2H3,(H,37,43)/b12-8?,14-9-/t28?,29-,30?,31?,32-,35?/m0/s1. The van der Waals surface area contributed by atoms with Gasteiger partial charge < -0.3 is 15.0 Å². The van der Waals surface area contributed by atoms with Crippen molar-refractivity contribution in [2.45, 2.75) is 68.6 Å². The molecule has 2 aromatic rings. The Hall–Kier alpha value is -3.79. The van der Waals surface area contributed by atoms with Gasteiger partial charge in [-0.2, -0.15) is 0 Å². The van der Waals surface area contributed by atoms with Gasteiger partial charge in [-0.05, 0) is 41.3 Å². The van der Waals surface area contributed by atoms with Gasteiger partial charge in [0, 0.05) is 32.6 Å². The van der Waals surface area contributed by atoms with E-state index in [4.69, 9.17) is 4.74 Å². The molecule has 230 valence electrons. The number of ether oxygens (including phenoxy) is 1. The molecule has 5 heterocycles. The minimum atomic E-state index is -0.482. The summed E-state index contributed by atoms with van der Waals surface area (Å²) in [6.07, 6.45) is 12.8. The first-order valence-electron chi connectivity index (χ1n) is 15.8. The van der Waals surface area contributed by atoms with E-state index >= 15 is 0 Å². The van der Waals surface area contributed by atoms with E-state index in [0.29, 0.717) is 6.54 Å². The van der Waals surface area contributed by atoms with E-state index in [9.17, 15) is 14.0 Å². The number of unbranched alkanes of at least 4 members (excludes halogenated alkanes) is 1. The summed E-state index contributed by atoms with van der Waals surface area (Å²) in [5, 5.41) is 6.50. The Morgan fingerprint density at radius 2 is 1.86 bits per heavy atom. The highest BCUT2D eigenvalue weighted by Crippen LogP contribution is 2.53. The Labute approximate surface area is 258 Å². The molecule has 3 amide bonds. The van der Waals surface area contributed by atoms with Gasteiger partial charge in [-0.25, -0.2) is 19.2 Å². The molecule has 3 fully saturated rings. The molecule has 44 heavy (non-hydrogen) atoms. The fourth-order valence-corrected chi connectivity index (χ4v) is 8.03. The van der Waals surface area contributed by atoms with Gasteiger partial charge in [-0.15, -0.1) is 0 Å². The number of hydrogen-bond acceptors (Lipinski definition) is 5. The molecule has 1 N–H and O–H groups in total. The molecule has 0 radical (unpaired) electrons. The van der Waals surface area contributed by atoms with E-state index in [1.54, 1.807) is 29.2 Å². The maximum atomic E-state index is 14.0. The minimum absolute atomic E-state index is 0.0321. The summed E-state index contributed by atoms with van der Waals surface area (Å²) < 4.78 is 20.1. The number of urea groups is 1. The maximum absolute atomic E-state index is 14.0. The van der Waals surface area contributed by atoms with Crippen LogP contribution in [0.2, 0.25) is 0 Å². The predicted octanol–water partition coefficient (Wildman–Crippen LogP) is 4.58. The lowest BCUT2D eigenvalue weighted by Gasteiger charge is -2.69. The first kappa shape index (κ1) is 29.0. The van der Waals surface area contributed by atoms with Crippen molar-refractivity contribution < 1.29 is 18.7 Å². The lowest BCUT2D eigenvalue weighted by Crippen LogP contribution is -2.88. The van der Waals surface area contributed by atoms with Crippen molar-refractivity contribution in [2.75, 3.05) is 26.7 Å². The van der Waals surface area contributed by atoms with E-state index in [0.717, 1.165) is 31.4 Å². The van der Waals surface area contributed by atoms with Gasteiger partial charge in [-0.1, -0.05) is 86.5 Å². The Morgan fingerprint density at radius 1 is 1.07 bits per heavy atom. The molecule has 8 nitrogen and oxygen atoms in total. The van der Waals surface area contributed by atoms with Crippen molar-refractivity contribution in [3.05, 3.63) is 107 Å². The van der Waals surface area contributed by atoms with Gasteiger partial charge in [-0.3, -0.25) is 9.69 Å². The number of nitrogens with zero attached hydrogens (tertiary/aromatic N) is 4. The summed E-state index contributed by atoms with van der Waals surface area (Å²) in [7, 11) is 1.80. The fraction of sp³-hybridized carbons (Fsp3) is 0.429. The van der Waals surface area contributed by atoms with Crippen molar-refractivity contribution in [3.63, 3.8) is 0 Å². The molecule has 0 saturated carbocycles. The van der Waals surface area contributed by atoms with E-state index in [-0.39, 0.29) is 55.0 Å². The minimum Gasteiger partial charge on any atom is -0.363 e. The Bertz CT molecular complexity index is 1490. The molecule has 6 atom stereocenters. The van der Waals surface area contributed by atoms with Crippen LogP contribution in [0.3, 0.4) is 0 Å². The van der Waals surface area contributed by atoms with Crippen molar-refractivity contribution >= 4 is 11.9 Å². The molecule has 2 aromatic carbocycles. The third-order valence-electron chi connectivity index (χ3n) is 10.1. The summed E-state index contributed by atoms with van der Waals surface area (Å²) in [6, 6.07) is 16.3. The molecule has 3 bridgehead atoms. The van der Waals surface area contributed by atoms with E-state index in [1.807, 2.05) is 11.0 Å². The molecule has 1 spiro atoms. The average Bonchev–Trinajstić information content (AvgIpc) is 3.10. The summed E-state index contributed by atoms with van der Waals surface area (Å²) >= 11 is 0. The zero-order chi connectivity index (χ0) is 30.4. The van der Waals surface area contributed by atoms with Crippen LogP contribution >= 0.6 is 0 Å². The van der Waals surface area contributed by atoms with Gasteiger partial charge >= 0.3 is 6.03 Å². The molecular formula is C35H40FN5O3. The summed E-state index contributed by atoms with van der Waals surface area (Å²) in [4.78, 5) is 32.5. The smallest absolute Gasteiger partial charge is 0.334 e. The predicted molar refractivity (Wildman–Crippen MR) is 166 cm³/mol. The van der Waals surface area contributed by atoms with Crippen LogP contribution < -0.4 is 5.32 Å². The molecular weight excluding hydrogens is 557 g/mol. The quantitative estimate of drug-likeness (QED) is 0.528. The van der Waals surface area contributed by atoms with Gasteiger partial charge in [0.25, 0.3) is 0 Å². The first-order chi connectivity index (χ1) is 21.4. The largest absolute Gasteiger partial charge is 0.363 e. The SMILES string of the molecule is CCCC[C@@H]1N2C(=O)CN(C)N(C(=O)NCc3ccc(F)cc3)[C@H]2CN2CC(c3ccccc3)C3=CC4OC(/C=C\C=C3)C412. The first-order valence-corrected chi connectivity index (χ1v) is 15.8. The number of carbonyl (C=O) groups is 2. The monoisotopic (exact) mass is 597 g/mol. The summed E-state index contributed by atoms with van der Waals surface area (Å²) in [5.41, 5.74) is 2.81. The number of amides is 3. The van der Waals surface area contributed by atoms with Crippen LogP contribution in [0.15, 0.2) is 90.6 Å². The van der Waals surface area contributed by atoms with Crippen LogP contribution in [0.1, 0.15) is 43.2 Å². The van der Waals surface area contributed by atoms with Gasteiger partial charge in [0.1, 0.15) is 29.7 Å². The number of fused-ring (bicyclic) bond motifs is 2. The summed E-state index contributed by atoms with van der Waals surface area (Å²) in [6.45, 7) is 3.80. The highest BCUT2D eigenvalue weighted by molar-refractivity contribution is 5.83. The average molecular weight is 598 g/mol. The molecule has 9 heteroatoms. The highest BCUT2D eigenvalue weighted by Gasteiger charge is 2.69. The van der Waals surface area contributed by atoms with E-state index in [2.05, 4.69) is 71.8 Å². The molecule has 5 aliphatic heterocycles. The second-order valence-corrected chi connectivity index (χ2v) is 12.5. The van der Waals surface area contributed by atoms with E-state index < -0.39 is 11.7 Å². The zero-order valence-electron chi connectivity index (χ0n) is 25.3. The second kappa shape index (κ2) is 11.6. The third kappa shape index (κ3) is 4.69. The lowest BCUT2D eigenvalue weighted by molar-refractivity contribution is -0.285. The van der Waals surface area contributed by atoms with Crippen LogP contribution in [-0.2, 0) is 16.1 Å². The molecule has 4 unspecified atom stereocenters. The normalized spacial score (nSPS) is 31.9. The van der Waals surface area contributed by atoms with Crippen LogP contribution in [0.4, 0.5) is 9.18 Å². The number of rotatable bonds is 6. The number of benzene rings is 2. The number of piperazine rings is 1. The fourth-order valence-electron chi connectivity index (χ4n) is 8.03. The summed E-state index contributed by atoms with van der Waals surface area (Å²) in [5.74, 6) is -0.170. The number of likely N-dealkylation sites (N-methyl/N-ethyl adjacent to an activating group) is 1.